The Morgan fingerprint density at radius 3 is 0.857 bits per heavy atom. The van der Waals surface area contributed by atoms with Crippen molar-refractivity contribution in [3.8, 4) is 0 Å². The van der Waals surface area contributed by atoms with Crippen LogP contribution in [-0.2, 0) is 6.15 Å². The monoisotopic (exact) mass is 833 g/mol. The number of hydrogen-bond acceptors (Lipinski definition) is 4. The van der Waals surface area contributed by atoms with Gasteiger partial charge in [-0.15, -0.1) is 0 Å². The quantitative estimate of drug-likeness (QED) is 0.0365. The molecular formula is C44H88O2S2Sn. The summed E-state index contributed by atoms with van der Waals surface area (Å²) in [4.78, 5) is 0. The van der Waals surface area contributed by atoms with Gasteiger partial charge in [0.25, 0.3) is 0 Å². The first kappa shape index (κ1) is 49.6. The predicted octanol–water partition coefficient (Wildman–Crippen LogP) is 16.4. The van der Waals surface area contributed by atoms with Crippen molar-refractivity contribution >= 4 is 53.7 Å². The molecular weight excluding hydrogens is 743 g/mol. The van der Waals surface area contributed by atoms with Crippen molar-refractivity contribution in [2.75, 3.05) is 0 Å². The van der Waals surface area contributed by atoms with E-state index < -0.39 is 19.2 Å². The Bertz CT molecular complexity index is 681. The van der Waals surface area contributed by atoms with E-state index in [1.165, 1.54) is 141 Å². The molecule has 0 aliphatic rings. The summed E-state index contributed by atoms with van der Waals surface area (Å²) < 4.78 is 16.7. The van der Waals surface area contributed by atoms with Crippen molar-refractivity contribution in [2.24, 2.45) is 35.5 Å². The Balaban J connectivity index is 5.94. The van der Waals surface area contributed by atoms with Crippen LogP contribution in [0.1, 0.15) is 223 Å². The van der Waals surface area contributed by atoms with Crippen LogP contribution in [0.2, 0.25) is 8.87 Å². The fourth-order valence-electron chi connectivity index (χ4n) is 7.02. The van der Waals surface area contributed by atoms with Gasteiger partial charge in [-0.2, -0.15) is 0 Å². The summed E-state index contributed by atoms with van der Waals surface area (Å²) in [6.45, 7) is 23.4. The first-order chi connectivity index (χ1) is 23.4. The SMILES string of the molecule is CCC[CH2][Sn]([CH2]CCC)([O]C(=S)C(CCCCCC(C)C)CCCCCC(C)C)[O]C(=S)C(CCCCCC(C)C)CCCCCC(C)C. The molecule has 49 heavy (non-hydrogen) atoms. The van der Waals surface area contributed by atoms with Gasteiger partial charge >= 0.3 is 328 Å². The summed E-state index contributed by atoms with van der Waals surface area (Å²) in [6, 6.07) is 0. The van der Waals surface area contributed by atoms with E-state index >= 15 is 0 Å². The molecule has 0 aromatic heterocycles. The van der Waals surface area contributed by atoms with Gasteiger partial charge in [-0.3, -0.25) is 0 Å². The fraction of sp³-hybridized carbons (Fsp3) is 0.955. The van der Waals surface area contributed by atoms with Crippen molar-refractivity contribution in [3.63, 3.8) is 0 Å². The molecule has 0 spiro atoms. The molecule has 2 nitrogen and oxygen atoms in total. The molecule has 0 heterocycles. The third kappa shape index (κ3) is 28.7. The van der Waals surface area contributed by atoms with Gasteiger partial charge in [0.15, 0.2) is 0 Å². The van der Waals surface area contributed by atoms with Gasteiger partial charge in [-0.25, -0.2) is 0 Å². The van der Waals surface area contributed by atoms with E-state index in [9.17, 15) is 0 Å². The Hall–Kier alpha value is 0.579. The molecule has 0 saturated carbocycles. The molecule has 0 aromatic carbocycles. The van der Waals surface area contributed by atoms with Gasteiger partial charge in [0, 0.05) is 0 Å². The average Bonchev–Trinajstić information content (AvgIpc) is 3.03. The van der Waals surface area contributed by atoms with E-state index in [1.54, 1.807) is 0 Å². The third-order valence-corrected chi connectivity index (χ3v) is 21.8. The van der Waals surface area contributed by atoms with E-state index in [2.05, 4.69) is 69.2 Å². The first-order valence-corrected chi connectivity index (χ1v) is 29.0. The first-order valence-electron chi connectivity index (χ1n) is 21.8. The molecule has 0 N–H and O–H groups in total. The van der Waals surface area contributed by atoms with Crippen molar-refractivity contribution in [1.82, 2.24) is 0 Å². The fourth-order valence-corrected chi connectivity index (χ4v) is 19.7. The van der Waals surface area contributed by atoms with E-state index in [-0.39, 0.29) is 0 Å². The number of unbranched alkanes of at least 4 members (excludes halogenated alkanes) is 10. The van der Waals surface area contributed by atoms with Crippen LogP contribution in [-0.4, -0.2) is 29.3 Å². The van der Waals surface area contributed by atoms with Gasteiger partial charge in [-0.1, -0.05) is 0 Å². The molecule has 0 unspecified atom stereocenters. The number of thiocarbonyl (C=S) groups is 2. The molecule has 0 aliphatic heterocycles. The minimum atomic E-state index is -3.64. The minimum absolute atomic E-state index is 0.377. The second-order valence-corrected chi connectivity index (χ2v) is 27.5. The van der Waals surface area contributed by atoms with Crippen LogP contribution >= 0.6 is 24.4 Å². The molecule has 0 radical (unpaired) electrons. The van der Waals surface area contributed by atoms with Crippen LogP contribution < -0.4 is 0 Å². The molecule has 292 valence electrons. The van der Waals surface area contributed by atoms with Crippen LogP contribution in [0.15, 0.2) is 0 Å². The molecule has 0 bridgehead atoms. The summed E-state index contributed by atoms with van der Waals surface area (Å²) in [7, 11) is 0. The van der Waals surface area contributed by atoms with E-state index in [0.29, 0.717) is 11.8 Å². The standard InChI is InChI=1S/2C18H36OS.2C4H9.Sn/c2*1-15(2)11-7-5-9-13-17(18(19)20)14-10-6-8-12-16(3)4;2*1-3-4-2;/h2*15-17H,5-14H2,1-4H3,(H,19,20);2*1,3-4H2,2H3;/q;;;;+2/p-2. The van der Waals surface area contributed by atoms with Gasteiger partial charge in [0.05, 0.1) is 0 Å². The summed E-state index contributed by atoms with van der Waals surface area (Å²) >= 11 is 9.02. The van der Waals surface area contributed by atoms with Crippen LogP contribution in [0.5, 0.6) is 0 Å². The molecule has 0 rings (SSSR count). The predicted molar refractivity (Wildman–Crippen MR) is 231 cm³/mol. The molecule has 0 saturated heterocycles. The second kappa shape index (κ2) is 32.0. The summed E-state index contributed by atoms with van der Waals surface area (Å²) in [5.74, 6) is 3.91. The maximum atomic E-state index is 7.29. The number of hydrogen-bond donors (Lipinski definition) is 0. The molecule has 0 amide bonds. The van der Waals surface area contributed by atoms with Crippen molar-refractivity contribution in [2.45, 2.75) is 232 Å². The molecule has 0 atom stereocenters. The van der Waals surface area contributed by atoms with Crippen LogP contribution in [0.4, 0.5) is 0 Å². The molecule has 0 aromatic rings. The summed E-state index contributed by atoms with van der Waals surface area (Å²) in [5.41, 5.74) is 0. The zero-order chi connectivity index (χ0) is 36.9. The van der Waals surface area contributed by atoms with E-state index in [1.807, 2.05) is 0 Å². The zero-order valence-electron chi connectivity index (χ0n) is 35.0. The Morgan fingerprint density at radius 1 is 0.388 bits per heavy atom. The van der Waals surface area contributed by atoms with Crippen molar-refractivity contribution in [3.05, 3.63) is 0 Å². The molecule has 5 heteroatoms. The van der Waals surface area contributed by atoms with Gasteiger partial charge in [0.2, 0.25) is 0 Å². The van der Waals surface area contributed by atoms with E-state index in [0.717, 1.165) is 55.5 Å². The van der Waals surface area contributed by atoms with Crippen LogP contribution in [0.3, 0.4) is 0 Å². The van der Waals surface area contributed by atoms with Gasteiger partial charge < -0.3 is 0 Å². The summed E-state index contributed by atoms with van der Waals surface area (Å²) in [5, 5.41) is 1.80. The van der Waals surface area contributed by atoms with Crippen molar-refractivity contribution in [1.29, 1.82) is 0 Å². The number of rotatable bonds is 34. The normalized spacial score (nSPS) is 12.4. The second-order valence-electron chi connectivity index (χ2n) is 17.5. The third-order valence-electron chi connectivity index (χ3n) is 10.4. The van der Waals surface area contributed by atoms with Gasteiger partial charge in [0.1, 0.15) is 0 Å². The summed E-state index contributed by atoms with van der Waals surface area (Å²) in [6.07, 6.45) is 30.2. The molecule has 0 aliphatic carbocycles. The Morgan fingerprint density at radius 2 is 0.633 bits per heavy atom. The Kier molecular flexibility index (Phi) is 32.4. The van der Waals surface area contributed by atoms with Crippen LogP contribution in [0, 0.1) is 35.5 Å². The van der Waals surface area contributed by atoms with Crippen molar-refractivity contribution < 1.29 is 6.15 Å². The van der Waals surface area contributed by atoms with Crippen LogP contribution in [0.25, 0.3) is 0 Å². The van der Waals surface area contributed by atoms with E-state index in [4.69, 9.17) is 30.6 Å². The Labute approximate surface area is 325 Å². The molecule has 0 fully saturated rings. The average molecular weight is 832 g/mol. The topological polar surface area (TPSA) is 18.5 Å². The maximum absolute atomic E-state index is 7.29. The van der Waals surface area contributed by atoms with Gasteiger partial charge in [-0.05, 0) is 0 Å². The zero-order valence-corrected chi connectivity index (χ0v) is 39.5.